The van der Waals surface area contributed by atoms with Crippen LogP contribution < -0.4 is 0 Å². The highest BCUT2D eigenvalue weighted by Gasteiger charge is 2.40. The van der Waals surface area contributed by atoms with Gasteiger partial charge in [-0.2, -0.15) is 0 Å². The fourth-order valence-corrected chi connectivity index (χ4v) is 3.18. The lowest BCUT2D eigenvalue weighted by Gasteiger charge is -2.33. The van der Waals surface area contributed by atoms with Gasteiger partial charge in [-0.15, -0.1) is 0 Å². The molecule has 134 valence electrons. The molecule has 2 unspecified atom stereocenters. The summed E-state index contributed by atoms with van der Waals surface area (Å²) < 4.78 is 16.3. The molecule has 0 saturated carbocycles. The number of carbonyl (C=O) groups is 1. The van der Waals surface area contributed by atoms with Crippen molar-refractivity contribution in [1.82, 2.24) is 9.80 Å². The molecule has 2 fully saturated rings. The first-order chi connectivity index (χ1) is 10.7. The van der Waals surface area contributed by atoms with Crippen molar-refractivity contribution in [2.75, 3.05) is 40.5 Å². The van der Waals surface area contributed by atoms with Gasteiger partial charge in [-0.1, -0.05) is 0 Å². The van der Waals surface area contributed by atoms with Crippen LogP contribution >= 0.6 is 0 Å². The topological polar surface area (TPSA) is 71.5 Å². The fraction of sp³-hybridized carbons (Fsp3) is 0.938. The lowest BCUT2D eigenvalue weighted by Crippen LogP contribution is -2.49. The van der Waals surface area contributed by atoms with Gasteiger partial charge < -0.3 is 24.2 Å². The molecule has 7 nitrogen and oxygen atoms in total. The first kappa shape index (κ1) is 18.4. The predicted octanol–water partition coefficient (Wildman–Crippen LogP) is 0.702. The molecule has 0 aromatic heterocycles. The number of aliphatic hydroxyl groups excluding tert-OH is 1. The largest absolute Gasteiger partial charge is 0.444 e. The normalized spacial score (nSPS) is 31.9. The highest BCUT2D eigenvalue weighted by atomic mass is 16.6. The minimum atomic E-state index is -0.520. The molecular formula is C16H30N2O5. The molecule has 0 aromatic rings. The predicted molar refractivity (Wildman–Crippen MR) is 85.4 cm³/mol. The average molecular weight is 330 g/mol. The number of likely N-dealkylation sites (N-methyl/N-ethyl adjacent to an activating group) is 1. The van der Waals surface area contributed by atoms with Crippen LogP contribution in [0.1, 0.15) is 27.2 Å². The first-order valence-electron chi connectivity index (χ1n) is 8.19. The van der Waals surface area contributed by atoms with Crippen molar-refractivity contribution in [2.45, 2.75) is 57.1 Å². The van der Waals surface area contributed by atoms with Crippen molar-refractivity contribution in [3.63, 3.8) is 0 Å². The maximum Gasteiger partial charge on any atom is 0.410 e. The smallest absolute Gasteiger partial charge is 0.410 e. The molecule has 2 saturated heterocycles. The maximum absolute atomic E-state index is 12.5. The number of aliphatic hydroxyl groups is 1. The van der Waals surface area contributed by atoms with Crippen LogP contribution in [0, 0.1) is 0 Å². The fourth-order valence-electron chi connectivity index (χ4n) is 3.18. The van der Waals surface area contributed by atoms with Crippen LogP contribution in [0.5, 0.6) is 0 Å². The molecule has 1 N–H and O–H groups in total. The second kappa shape index (κ2) is 7.34. The molecule has 0 aliphatic carbocycles. The van der Waals surface area contributed by atoms with E-state index in [4.69, 9.17) is 14.2 Å². The number of amides is 1. The van der Waals surface area contributed by atoms with E-state index >= 15 is 0 Å². The summed E-state index contributed by atoms with van der Waals surface area (Å²) in [6, 6.07) is -0.0234. The Labute approximate surface area is 138 Å². The van der Waals surface area contributed by atoms with Crippen LogP contribution in [0.15, 0.2) is 0 Å². The molecule has 2 aliphatic heterocycles. The van der Waals surface area contributed by atoms with E-state index in [9.17, 15) is 9.90 Å². The Morgan fingerprint density at radius 1 is 1.39 bits per heavy atom. The number of hydrogen-bond acceptors (Lipinski definition) is 6. The summed E-state index contributed by atoms with van der Waals surface area (Å²) in [6.45, 7) is 7.67. The SMILES string of the molecule is COC1CC(CN(C)[C@@H]2COC[C@H]2O)N(C(=O)OC(C)(C)C)C1. The van der Waals surface area contributed by atoms with Crippen LogP contribution in [-0.4, -0.2) is 91.4 Å². The van der Waals surface area contributed by atoms with E-state index in [1.807, 2.05) is 27.8 Å². The van der Waals surface area contributed by atoms with Gasteiger partial charge in [-0.05, 0) is 34.2 Å². The minimum absolute atomic E-state index is 0.00704. The summed E-state index contributed by atoms with van der Waals surface area (Å²) in [4.78, 5) is 16.3. The lowest BCUT2D eigenvalue weighted by molar-refractivity contribution is 0.0150. The number of ether oxygens (including phenoxy) is 3. The Kier molecular flexibility index (Phi) is 5.89. The van der Waals surface area contributed by atoms with Crippen molar-refractivity contribution in [3.05, 3.63) is 0 Å². The van der Waals surface area contributed by atoms with Crippen LogP contribution in [0.25, 0.3) is 0 Å². The van der Waals surface area contributed by atoms with Gasteiger partial charge in [0, 0.05) is 13.7 Å². The van der Waals surface area contributed by atoms with Gasteiger partial charge in [0.15, 0.2) is 0 Å². The summed E-state index contributed by atoms with van der Waals surface area (Å²) in [5, 5.41) is 9.96. The molecule has 2 rings (SSSR count). The van der Waals surface area contributed by atoms with Gasteiger partial charge in [0.25, 0.3) is 0 Å². The zero-order valence-electron chi connectivity index (χ0n) is 14.8. The van der Waals surface area contributed by atoms with Crippen LogP contribution in [0.2, 0.25) is 0 Å². The molecule has 1 amide bonds. The van der Waals surface area contributed by atoms with Crippen LogP contribution in [0.4, 0.5) is 4.79 Å². The van der Waals surface area contributed by atoms with Crippen molar-refractivity contribution in [1.29, 1.82) is 0 Å². The highest BCUT2D eigenvalue weighted by Crippen LogP contribution is 2.24. The van der Waals surface area contributed by atoms with Crippen LogP contribution in [-0.2, 0) is 14.2 Å². The molecule has 2 aliphatic rings. The Bertz CT molecular complexity index is 412. The number of hydrogen-bond donors (Lipinski definition) is 1. The van der Waals surface area contributed by atoms with Gasteiger partial charge >= 0.3 is 6.09 Å². The molecule has 4 atom stereocenters. The van der Waals surface area contributed by atoms with E-state index in [0.29, 0.717) is 26.3 Å². The zero-order valence-corrected chi connectivity index (χ0v) is 14.8. The molecule has 0 spiro atoms. The molecule has 23 heavy (non-hydrogen) atoms. The van der Waals surface area contributed by atoms with E-state index in [0.717, 1.165) is 6.42 Å². The third kappa shape index (κ3) is 4.79. The van der Waals surface area contributed by atoms with Gasteiger partial charge in [-0.3, -0.25) is 4.90 Å². The van der Waals surface area contributed by atoms with Crippen molar-refractivity contribution < 1.29 is 24.1 Å². The van der Waals surface area contributed by atoms with Gasteiger partial charge in [0.05, 0.1) is 44.1 Å². The van der Waals surface area contributed by atoms with Crippen molar-refractivity contribution >= 4 is 6.09 Å². The van der Waals surface area contributed by atoms with E-state index in [2.05, 4.69) is 4.90 Å². The summed E-state index contributed by atoms with van der Waals surface area (Å²) in [7, 11) is 3.62. The molecule has 7 heteroatoms. The standard InChI is InChI=1S/C16H30N2O5/c1-16(2,3)23-15(20)18-8-12(21-5)6-11(18)7-17(4)13-9-22-10-14(13)19/h11-14,19H,6-10H2,1-5H3/t11?,12?,13-,14-/m1/s1. The number of rotatable bonds is 4. The number of likely N-dealkylation sites (tertiary alicyclic amines) is 1. The first-order valence-corrected chi connectivity index (χ1v) is 8.19. The average Bonchev–Trinajstić information content (AvgIpc) is 3.02. The second-order valence-electron chi connectivity index (χ2n) is 7.49. The van der Waals surface area contributed by atoms with E-state index in [1.165, 1.54) is 0 Å². The second-order valence-corrected chi connectivity index (χ2v) is 7.49. The summed E-state index contributed by atoms with van der Waals surface area (Å²) in [5.74, 6) is 0. The molecule has 2 heterocycles. The van der Waals surface area contributed by atoms with Crippen molar-refractivity contribution in [2.24, 2.45) is 0 Å². The van der Waals surface area contributed by atoms with Gasteiger partial charge in [0.2, 0.25) is 0 Å². The quantitative estimate of drug-likeness (QED) is 0.818. The monoisotopic (exact) mass is 330 g/mol. The summed E-state index contributed by atoms with van der Waals surface area (Å²) in [6.07, 6.45) is 0.00275. The molecular weight excluding hydrogens is 300 g/mol. The third-order valence-corrected chi connectivity index (χ3v) is 4.42. The molecule has 0 radical (unpaired) electrons. The van der Waals surface area contributed by atoms with E-state index < -0.39 is 11.7 Å². The van der Waals surface area contributed by atoms with E-state index in [-0.39, 0.29) is 24.3 Å². The summed E-state index contributed by atoms with van der Waals surface area (Å²) in [5.41, 5.74) is -0.520. The Hall–Kier alpha value is -0.890. The van der Waals surface area contributed by atoms with Gasteiger partial charge in [-0.25, -0.2) is 4.79 Å². The Morgan fingerprint density at radius 2 is 2.09 bits per heavy atom. The minimum Gasteiger partial charge on any atom is -0.444 e. The van der Waals surface area contributed by atoms with E-state index in [1.54, 1.807) is 12.0 Å². The number of nitrogens with zero attached hydrogens (tertiary/aromatic N) is 2. The third-order valence-electron chi connectivity index (χ3n) is 4.42. The molecule has 0 aromatic carbocycles. The van der Waals surface area contributed by atoms with Crippen LogP contribution in [0.3, 0.4) is 0 Å². The maximum atomic E-state index is 12.5. The zero-order chi connectivity index (χ0) is 17.2. The highest BCUT2D eigenvalue weighted by molar-refractivity contribution is 5.69. The Morgan fingerprint density at radius 3 is 2.61 bits per heavy atom. The number of carbonyl (C=O) groups excluding carboxylic acids is 1. The number of methoxy groups -OCH3 is 1. The summed E-state index contributed by atoms with van der Waals surface area (Å²) >= 11 is 0. The van der Waals surface area contributed by atoms with Gasteiger partial charge in [0.1, 0.15) is 5.60 Å². The van der Waals surface area contributed by atoms with Crippen molar-refractivity contribution in [3.8, 4) is 0 Å². The lowest BCUT2D eigenvalue weighted by atomic mass is 10.1. The Balaban J connectivity index is 2.00. The molecule has 0 bridgehead atoms.